The maximum Gasteiger partial charge on any atom is 0.238 e. The minimum Gasteiger partial charge on any atom is -0.368 e. The molecule has 0 aliphatic heterocycles. The fraction of sp³-hybridized carbons (Fsp3) is 0. The predicted molar refractivity (Wildman–Crippen MR) is 56.4 cm³/mol. The van der Waals surface area contributed by atoms with Crippen molar-refractivity contribution in [1.29, 1.82) is 0 Å². The minimum absolute atomic E-state index is 0.0856. The summed E-state index contributed by atoms with van der Waals surface area (Å²) in [6.45, 7) is 0. The van der Waals surface area contributed by atoms with E-state index in [-0.39, 0.29) is 4.90 Å². The number of aromatic nitrogens is 2. The van der Waals surface area contributed by atoms with E-state index in [0.29, 0.717) is 0 Å². The zero-order chi connectivity index (χ0) is 11.1. The highest BCUT2D eigenvalue weighted by Crippen LogP contribution is 2.01. The van der Waals surface area contributed by atoms with E-state index >= 15 is 0 Å². The molecule has 0 radical (unpaired) electrons. The van der Waals surface area contributed by atoms with Crippen LogP contribution in [-0.4, -0.2) is 18.4 Å². The zero-order valence-corrected chi connectivity index (χ0v) is 8.68. The number of H-pyrrole nitrogens is 1. The molecule has 0 aromatic carbocycles. The van der Waals surface area contributed by atoms with Gasteiger partial charge in [-0.1, -0.05) is 0 Å². The lowest BCUT2D eigenvalue weighted by atomic mass is 10.5. The summed E-state index contributed by atoms with van der Waals surface area (Å²) in [6, 6.07) is 6.57. The largest absolute Gasteiger partial charge is 0.368 e. The number of aromatic amines is 1. The number of pyridine rings is 1. The molecule has 0 saturated heterocycles. The topological polar surface area (TPSA) is 88.8 Å². The number of hydrogen-bond acceptors (Lipinski definition) is 3. The van der Waals surface area contributed by atoms with Gasteiger partial charge in [0.2, 0.25) is 10.0 Å². The highest BCUT2D eigenvalue weighted by Gasteiger charge is 2.04. The van der Waals surface area contributed by atoms with Gasteiger partial charge in [0.1, 0.15) is 0 Å². The molecule has 0 spiro atoms. The molecule has 0 atom stereocenters. The van der Waals surface area contributed by atoms with Crippen molar-refractivity contribution < 1.29 is 8.42 Å². The lowest BCUT2D eigenvalue weighted by Gasteiger charge is -1.93. The second kappa shape index (κ2) is 5.28. The summed E-state index contributed by atoms with van der Waals surface area (Å²) in [5, 5.41) is 4.80. The van der Waals surface area contributed by atoms with Gasteiger partial charge in [0.05, 0.1) is 4.90 Å². The fourth-order valence-electron chi connectivity index (χ4n) is 0.806. The average molecular weight is 225 g/mol. The van der Waals surface area contributed by atoms with Crippen LogP contribution in [0.4, 0.5) is 0 Å². The molecule has 3 N–H and O–H groups in total. The highest BCUT2D eigenvalue weighted by molar-refractivity contribution is 7.89. The van der Waals surface area contributed by atoms with Crippen molar-refractivity contribution in [2.45, 2.75) is 4.90 Å². The fourth-order valence-corrected chi connectivity index (χ4v) is 1.31. The first kappa shape index (κ1) is 11.4. The van der Waals surface area contributed by atoms with Crippen LogP contribution in [0.1, 0.15) is 0 Å². The summed E-state index contributed by atoms with van der Waals surface area (Å²) in [5.41, 5.74) is 0. The number of hydrogen-bond donors (Lipinski definition) is 2. The van der Waals surface area contributed by atoms with Gasteiger partial charge in [-0.15, -0.1) is 0 Å². The summed E-state index contributed by atoms with van der Waals surface area (Å²) >= 11 is 0. The number of sulfonamides is 1. The third kappa shape index (κ3) is 4.39. The van der Waals surface area contributed by atoms with Crippen LogP contribution in [0.3, 0.4) is 0 Å². The molecule has 0 aliphatic carbocycles. The molecule has 2 rings (SSSR count). The zero-order valence-electron chi connectivity index (χ0n) is 7.87. The lowest BCUT2D eigenvalue weighted by Crippen LogP contribution is -2.11. The summed E-state index contributed by atoms with van der Waals surface area (Å²) in [7, 11) is -3.54. The van der Waals surface area contributed by atoms with Gasteiger partial charge in [-0.25, -0.2) is 13.6 Å². The first-order chi connectivity index (χ1) is 7.11. The molecule has 0 saturated carbocycles. The van der Waals surface area contributed by atoms with Crippen LogP contribution in [0.15, 0.2) is 53.9 Å². The molecule has 2 aromatic heterocycles. The van der Waals surface area contributed by atoms with Crippen LogP contribution >= 0.6 is 0 Å². The van der Waals surface area contributed by atoms with Crippen molar-refractivity contribution in [2.75, 3.05) is 0 Å². The monoisotopic (exact) mass is 225 g/mol. The Hall–Kier alpha value is -1.66. The maximum absolute atomic E-state index is 10.6. The van der Waals surface area contributed by atoms with Crippen molar-refractivity contribution in [3.8, 4) is 0 Å². The van der Waals surface area contributed by atoms with Gasteiger partial charge >= 0.3 is 0 Å². The Morgan fingerprint density at radius 3 is 1.93 bits per heavy atom. The van der Waals surface area contributed by atoms with Crippen molar-refractivity contribution in [3.63, 3.8) is 0 Å². The Labute approximate surface area is 88.0 Å². The molecule has 0 bridgehead atoms. The summed E-state index contributed by atoms with van der Waals surface area (Å²) in [4.78, 5) is 6.59. The van der Waals surface area contributed by atoms with Crippen LogP contribution in [0.25, 0.3) is 0 Å². The Kier molecular flexibility index (Phi) is 4.02. The predicted octanol–water partition coefficient (Wildman–Crippen LogP) is 0.744. The quantitative estimate of drug-likeness (QED) is 0.750. The second-order valence-corrected chi connectivity index (χ2v) is 4.17. The summed E-state index contributed by atoms with van der Waals surface area (Å²) in [6.07, 6.45) is 6.50. The molecule has 80 valence electrons. The molecule has 0 aliphatic rings. The van der Waals surface area contributed by atoms with Crippen LogP contribution in [0.2, 0.25) is 0 Å². The van der Waals surface area contributed by atoms with Gasteiger partial charge in [-0.2, -0.15) is 0 Å². The molecular formula is C9H11N3O2S. The molecule has 6 heteroatoms. The van der Waals surface area contributed by atoms with E-state index < -0.39 is 10.0 Å². The van der Waals surface area contributed by atoms with E-state index in [4.69, 9.17) is 5.14 Å². The van der Waals surface area contributed by atoms with Crippen LogP contribution in [-0.2, 0) is 10.0 Å². The van der Waals surface area contributed by atoms with E-state index in [1.807, 2.05) is 24.5 Å². The third-order valence-electron chi connectivity index (χ3n) is 1.47. The first-order valence-electron chi connectivity index (χ1n) is 4.11. The number of nitrogens with one attached hydrogen (secondary N) is 1. The smallest absolute Gasteiger partial charge is 0.238 e. The molecule has 0 unspecified atom stereocenters. The van der Waals surface area contributed by atoms with Crippen LogP contribution < -0.4 is 5.14 Å². The van der Waals surface area contributed by atoms with E-state index in [1.165, 1.54) is 24.5 Å². The molecular weight excluding hydrogens is 214 g/mol. The number of primary sulfonamides is 1. The van der Waals surface area contributed by atoms with Gasteiger partial charge in [0, 0.05) is 24.8 Å². The maximum atomic E-state index is 10.6. The molecule has 2 aromatic rings. The van der Waals surface area contributed by atoms with Gasteiger partial charge in [0.15, 0.2) is 0 Å². The SMILES string of the molecule is NS(=O)(=O)c1ccncc1.c1cc[nH]c1. The molecule has 15 heavy (non-hydrogen) atoms. The van der Waals surface area contributed by atoms with Crippen molar-refractivity contribution >= 4 is 10.0 Å². The van der Waals surface area contributed by atoms with E-state index in [1.54, 1.807) is 0 Å². The Morgan fingerprint density at radius 2 is 1.67 bits per heavy atom. The normalized spacial score (nSPS) is 10.2. The van der Waals surface area contributed by atoms with Gasteiger partial charge in [-0.05, 0) is 24.3 Å². The van der Waals surface area contributed by atoms with Crippen molar-refractivity contribution in [3.05, 3.63) is 49.1 Å². The first-order valence-corrected chi connectivity index (χ1v) is 5.66. The second-order valence-electron chi connectivity index (χ2n) is 2.61. The highest BCUT2D eigenvalue weighted by atomic mass is 32.2. The van der Waals surface area contributed by atoms with Crippen LogP contribution in [0.5, 0.6) is 0 Å². The Balaban J connectivity index is 0.000000187. The minimum atomic E-state index is -3.54. The van der Waals surface area contributed by atoms with E-state index in [2.05, 4.69) is 9.97 Å². The van der Waals surface area contributed by atoms with Gasteiger partial charge < -0.3 is 4.98 Å². The van der Waals surface area contributed by atoms with Crippen LogP contribution in [0, 0.1) is 0 Å². The summed E-state index contributed by atoms with van der Waals surface area (Å²) < 4.78 is 21.2. The third-order valence-corrected chi connectivity index (χ3v) is 2.40. The number of nitrogens with zero attached hydrogens (tertiary/aromatic N) is 1. The summed E-state index contributed by atoms with van der Waals surface area (Å²) in [5.74, 6) is 0. The lowest BCUT2D eigenvalue weighted by molar-refractivity contribution is 0.597. The van der Waals surface area contributed by atoms with Crippen molar-refractivity contribution in [1.82, 2.24) is 9.97 Å². The molecule has 0 amide bonds. The van der Waals surface area contributed by atoms with E-state index in [9.17, 15) is 8.42 Å². The van der Waals surface area contributed by atoms with Crippen molar-refractivity contribution in [2.24, 2.45) is 5.14 Å². The molecule has 0 fully saturated rings. The Bertz CT molecular complexity index is 448. The number of nitrogens with two attached hydrogens (primary N) is 1. The average Bonchev–Trinajstić information content (AvgIpc) is 2.76. The standard InChI is InChI=1S/C5H6N2O2S.C4H5N/c6-10(8,9)5-1-3-7-4-2-5;1-2-4-5-3-1/h1-4H,(H2,6,8,9);1-5H. The Morgan fingerprint density at radius 1 is 1.13 bits per heavy atom. The van der Waals surface area contributed by atoms with Gasteiger partial charge in [-0.3, -0.25) is 4.98 Å². The van der Waals surface area contributed by atoms with Gasteiger partial charge in [0.25, 0.3) is 0 Å². The molecule has 2 heterocycles. The van der Waals surface area contributed by atoms with E-state index in [0.717, 1.165) is 0 Å². The number of rotatable bonds is 1. The molecule has 5 nitrogen and oxygen atoms in total.